The van der Waals surface area contributed by atoms with Crippen LogP contribution in [0.1, 0.15) is 20.3 Å². The first-order valence-electron chi connectivity index (χ1n) is 8.52. The quantitative estimate of drug-likeness (QED) is 0.779. The topological polar surface area (TPSA) is 50.8 Å². The van der Waals surface area contributed by atoms with Crippen molar-refractivity contribution in [2.45, 2.75) is 26.4 Å². The number of nitrogens with one attached hydrogen (secondary N) is 1. The molecule has 1 aliphatic rings. The minimum absolute atomic E-state index is 0.0263. The summed E-state index contributed by atoms with van der Waals surface area (Å²) in [7, 11) is 0. The predicted molar refractivity (Wildman–Crippen MR) is 95.6 cm³/mol. The molecule has 0 aromatic heterocycles. The van der Waals surface area contributed by atoms with Gasteiger partial charge in [-0.15, -0.1) is 0 Å². The molecule has 6 heteroatoms. The van der Waals surface area contributed by atoms with Crippen LogP contribution in [0, 0.1) is 5.92 Å². The first kappa shape index (κ1) is 19.0. The number of ether oxygens (including phenoxy) is 2. The number of morpholine rings is 1. The van der Waals surface area contributed by atoms with Gasteiger partial charge in [0.1, 0.15) is 5.75 Å². The van der Waals surface area contributed by atoms with E-state index in [4.69, 9.17) is 21.1 Å². The number of carbonyl (C=O) groups is 1. The number of rotatable bonds is 8. The number of carbonyl (C=O) groups excluding carboxylic acids is 1. The zero-order valence-electron chi connectivity index (χ0n) is 14.5. The van der Waals surface area contributed by atoms with E-state index in [0.717, 1.165) is 26.2 Å². The van der Waals surface area contributed by atoms with Gasteiger partial charge < -0.3 is 14.8 Å². The van der Waals surface area contributed by atoms with Crippen LogP contribution in [0.4, 0.5) is 0 Å². The molecule has 0 saturated carbocycles. The highest BCUT2D eigenvalue weighted by Crippen LogP contribution is 2.17. The fourth-order valence-corrected chi connectivity index (χ4v) is 2.90. The first-order valence-corrected chi connectivity index (χ1v) is 8.89. The van der Waals surface area contributed by atoms with Crippen LogP contribution >= 0.6 is 11.6 Å². The average Bonchev–Trinajstić information content (AvgIpc) is 2.53. The normalized spacial score (nSPS) is 18.6. The third-order valence-electron chi connectivity index (χ3n) is 3.77. The zero-order valence-corrected chi connectivity index (χ0v) is 15.2. The standard InChI is InChI=1S/C18H27ClN2O3/c1-14(2)12-21-7-9-24-17(13-21)11-20-18(22)6-8-23-16-5-3-4-15(19)10-16/h3-5,10,14,17H,6-9,11-13H2,1-2H3,(H,20,22)/t17-/m0/s1. The summed E-state index contributed by atoms with van der Waals surface area (Å²) in [4.78, 5) is 14.3. The highest BCUT2D eigenvalue weighted by Gasteiger charge is 2.21. The number of hydrogen-bond donors (Lipinski definition) is 1. The Labute approximate surface area is 149 Å². The Morgan fingerprint density at radius 2 is 2.33 bits per heavy atom. The molecule has 1 saturated heterocycles. The Hall–Kier alpha value is -1.30. The van der Waals surface area contributed by atoms with Gasteiger partial charge >= 0.3 is 0 Å². The van der Waals surface area contributed by atoms with Gasteiger partial charge in [0.05, 0.1) is 25.7 Å². The maximum absolute atomic E-state index is 11.9. The monoisotopic (exact) mass is 354 g/mol. The molecular formula is C18H27ClN2O3. The molecule has 1 aromatic carbocycles. The van der Waals surface area contributed by atoms with E-state index in [0.29, 0.717) is 36.3 Å². The summed E-state index contributed by atoms with van der Waals surface area (Å²) in [5.41, 5.74) is 0. The maximum Gasteiger partial charge on any atom is 0.223 e. The van der Waals surface area contributed by atoms with Gasteiger partial charge in [0.15, 0.2) is 0 Å². The van der Waals surface area contributed by atoms with Gasteiger partial charge in [-0.3, -0.25) is 9.69 Å². The Kier molecular flexibility index (Phi) is 7.82. The van der Waals surface area contributed by atoms with Crippen LogP contribution in [-0.4, -0.2) is 56.3 Å². The van der Waals surface area contributed by atoms with Crippen molar-refractivity contribution < 1.29 is 14.3 Å². The van der Waals surface area contributed by atoms with Gasteiger partial charge in [-0.25, -0.2) is 0 Å². The highest BCUT2D eigenvalue weighted by atomic mass is 35.5. The van der Waals surface area contributed by atoms with Crippen molar-refractivity contribution in [1.29, 1.82) is 0 Å². The molecule has 1 aromatic rings. The van der Waals surface area contributed by atoms with E-state index in [1.807, 2.05) is 12.1 Å². The molecule has 0 radical (unpaired) electrons. The summed E-state index contributed by atoms with van der Waals surface area (Å²) >= 11 is 5.89. The van der Waals surface area contributed by atoms with E-state index in [1.165, 1.54) is 0 Å². The second-order valence-electron chi connectivity index (χ2n) is 6.51. The minimum Gasteiger partial charge on any atom is -0.493 e. The predicted octanol–water partition coefficient (Wildman–Crippen LogP) is 2.58. The number of halogens is 1. The molecule has 1 heterocycles. The van der Waals surface area contributed by atoms with Crippen molar-refractivity contribution in [1.82, 2.24) is 10.2 Å². The van der Waals surface area contributed by atoms with Crippen molar-refractivity contribution >= 4 is 17.5 Å². The van der Waals surface area contributed by atoms with Crippen molar-refractivity contribution in [3.8, 4) is 5.75 Å². The van der Waals surface area contributed by atoms with Crippen LogP contribution < -0.4 is 10.1 Å². The Morgan fingerprint density at radius 1 is 1.50 bits per heavy atom. The van der Waals surface area contributed by atoms with Gasteiger partial charge in [0.2, 0.25) is 5.91 Å². The molecule has 5 nitrogen and oxygen atoms in total. The summed E-state index contributed by atoms with van der Waals surface area (Å²) in [5.74, 6) is 1.29. The van der Waals surface area contributed by atoms with E-state index in [1.54, 1.807) is 12.1 Å². The smallest absolute Gasteiger partial charge is 0.223 e. The summed E-state index contributed by atoms with van der Waals surface area (Å²) in [5, 5.41) is 3.55. The fourth-order valence-electron chi connectivity index (χ4n) is 2.72. The van der Waals surface area contributed by atoms with Gasteiger partial charge in [-0.2, -0.15) is 0 Å². The van der Waals surface area contributed by atoms with E-state index >= 15 is 0 Å². The molecule has 0 bridgehead atoms. The van der Waals surface area contributed by atoms with Crippen molar-refractivity contribution in [2.75, 3.05) is 39.4 Å². The second-order valence-corrected chi connectivity index (χ2v) is 6.94. The van der Waals surface area contributed by atoms with Gasteiger partial charge in [-0.1, -0.05) is 31.5 Å². The van der Waals surface area contributed by atoms with Crippen LogP contribution in [0.5, 0.6) is 5.75 Å². The zero-order chi connectivity index (χ0) is 17.4. The largest absolute Gasteiger partial charge is 0.493 e. The van der Waals surface area contributed by atoms with Gasteiger partial charge in [0, 0.05) is 31.2 Å². The summed E-state index contributed by atoms with van der Waals surface area (Å²) in [6.07, 6.45) is 0.380. The fraction of sp³-hybridized carbons (Fsp3) is 0.611. The van der Waals surface area contributed by atoms with E-state index in [-0.39, 0.29) is 12.0 Å². The molecular weight excluding hydrogens is 328 g/mol. The van der Waals surface area contributed by atoms with Crippen molar-refractivity contribution in [3.05, 3.63) is 29.3 Å². The number of amides is 1. The lowest BCUT2D eigenvalue weighted by molar-refractivity contribution is -0.122. The van der Waals surface area contributed by atoms with Crippen molar-refractivity contribution in [2.24, 2.45) is 5.92 Å². The summed E-state index contributed by atoms with van der Waals surface area (Å²) in [6.45, 7) is 8.94. The van der Waals surface area contributed by atoms with E-state index in [2.05, 4.69) is 24.1 Å². The third kappa shape index (κ3) is 7.07. The Bertz CT molecular complexity index is 525. The molecule has 1 atom stereocenters. The molecule has 24 heavy (non-hydrogen) atoms. The minimum atomic E-state index is -0.0263. The molecule has 134 valence electrons. The molecule has 1 amide bonds. The van der Waals surface area contributed by atoms with Crippen LogP contribution in [0.2, 0.25) is 5.02 Å². The van der Waals surface area contributed by atoms with Gasteiger partial charge in [-0.05, 0) is 24.1 Å². The van der Waals surface area contributed by atoms with E-state index < -0.39 is 0 Å². The molecule has 2 rings (SSSR count). The van der Waals surface area contributed by atoms with Crippen LogP contribution in [0.15, 0.2) is 24.3 Å². The summed E-state index contributed by atoms with van der Waals surface area (Å²) in [6, 6.07) is 7.16. The highest BCUT2D eigenvalue weighted by molar-refractivity contribution is 6.30. The lowest BCUT2D eigenvalue weighted by Crippen LogP contribution is -2.48. The molecule has 0 unspecified atom stereocenters. The number of nitrogens with zero attached hydrogens (tertiary/aromatic N) is 1. The van der Waals surface area contributed by atoms with E-state index in [9.17, 15) is 4.79 Å². The molecule has 1 N–H and O–H groups in total. The lowest BCUT2D eigenvalue weighted by Gasteiger charge is -2.33. The molecule has 0 aliphatic carbocycles. The number of benzene rings is 1. The van der Waals surface area contributed by atoms with Gasteiger partial charge in [0.25, 0.3) is 0 Å². The lowest BCUT2D eigenvalue weighted by atomic mass is 10.2. The third-order valence-corrected chi connectivity index (χ3v) is 4.00. The first-order chi connectivity index (χ1) is 11.5. The molecule has 1 aliphatic heterocycles. The Morgan fingerprint density at radius 3 is 3.08 bits per heavy atom. The average molecular weight is 355 g/mol. The molecule has 1 fully saturated rings. The second kappa shape index (κ2) is 9.87. The van der Waals surface area contributed by atoms with Crippen LogP contribution in [0.25, 0.3) is 0 Å². The number of hydrogen-bond acceptors (Lipinski definition) is 4. The van der Waals surface area contributed by atoms with Crippen LogP contribution in [0.3, 0.4) is 0 Å². The van der Waals surface area contributed by atoms with Crippen molar-refractivity contribution in [3.63, 3.8) is 0 Å². The SMILES string of the molecule is CC(C)CN1CCO[C@@H](CNC(=O)CCOc2cccc(Cl)c2)C1. The Balaban J connectivity index is 1.62. The molecule has 0 spiro atoms. The maximum atomic E-state index is 11.9. The van der Waals surface area contributed by atoms with Crippen LogP contribution in [-0.2, 0) is 9.53 Å². The summed E-state index contributed by atoms with van der Waals surface area (Å²) < 4.78 is 11.3.